The van der Waals surface area contributed by atoms with Crippen molar-refractivity contribution in [3.05, 3.63) is 89.0 Å². The van der Waals surface area contributed by atoms with E-state index in [0.717, 1.165) is 26.9 Å². The molecule has 3 aromatic carbocycles. The highest BCUT2D eigenvalue weighted by atomic mass is 127. The lowest BCUT2D eigenvalue weighted by Gasteiger charge is -2.21. The number of methoxy groups -OCH3 is 1. The molecule has 1 aliphatic heterocycles. The van der Waals surface area contributed by atoms with Crippen molar-refractivity contribution < 1.29 is 19.0 Å². The quantitative estimate of drug-likeness (QED) is 0.211. The van der Waals surface area contributed by atoms with Gasteiger partial charge in [-0.25, -0.2) is 4.79 Å². The molecule has 1 heterocycles. The summed E-state index contributed by atoms with van der Waals surface area (Å²) in [6.07, 6.45) is 0. The number of benzene rings is 3. The average Bonchev–Trinajstić information content (AvgIpc) is 2.86. The molecule has 0 spiro atoms. The summed E-state index contributed by atoms with van der Waals surface area (Å²) in [7, 11) is 1.62. The molecule has 0 radical (unpaired) electrons. The molecule has 0 saturated heterocycles. The van der Waals surface area contributed by atoms with Gasteiger partial charge in [0.05, 0.1) is 12.7 Å². The minimum atomic E-state index is -0.372. The van der Waals surface area contributed by atoms with E-state index in [-0.39, 0.29) is 11.9 Å². The number of esters is 1. The molecule has 4 rings (SSSR count). The van der Waals surface area contributed by atoms with Crippen LogP contribution in [-0.4, -0.2) is 17.5 Å². The lowest BCUT2D eigenvalue weighted by atomic mass is 9.88. The standard InChI is InChI=1S/C23H19IO4/c1-26-18-10-5-9-16-21(18)17(13-24)22-19(11-6-12-20(22)28-23(16)25)27-14-15-7-3-2-4-8-15/h2-12,17H,13-14H2,1H3. The van der Waals surface area contributed by atoms with Crippen LogP contribution in [0.2, 0.25) is 0 Å². The van der Waals surface area contributed by atoms with Gasteiger partial charge in [-0.2, -0.15) is 0 Å². The summed E-state index contributed by atoms with van der Waals surface area (Å²) < 4.78 is 18.2. The third-order valence-electron chi connectivity index (χ3n) is 4.82. The Balaban J connectivity index is 1.81. The van der Waals surface area contributed by atoms with Crippen molar-refractivity contribution in [3.63, 3.8) is 0 Å². The first-order chi connectivity index (χ1) is 13.7. The number of carbonyl (C=O) groups excluding carboxylic acids is 1. The van der Waals surface area contributed by atoms with E-state index in [2.05, 4.69) is 22.6 Å². The average molecular weight is 486 g/mol. The molecule has 0 N–H and O–H groups in total. The van der Waals surface area contributed by atoms with Gasteiger partial charge < -0.3 is 14.2 Å². The Morgan fingerprint density at radius 3 is 2.43 bits per heavy atom. The molecule has 1 unspecified atom stereocenters. The van der Waals surface area contributed by atoms with E-state index < -0.39 is 0 Å². The van der Waals surface area contributed by atoms with E-state index in [4.69, 9.17) is 14.2 Å². The summed E-state index contributed by atoms with van der Waals surface area (Å²) >= 11 is 2.34. The van der Waals surface area contributed by atoms with Crippen molar-refractivity contribution in [3.8, 4) is 17.2 Å². The minimum Gasteiger partial charge on any atom is -0.496 e. The van der Waals surface area contributed by atoms with Crippen LogP contribution in [0.3, 0.4) is 0 Å². The van der Waals surface area contributed by atoms with Crippen molar-refractivity contribution in [1.29, 1.82) is 0 Å². The Labute approximate surface area is 177 Å². The van der Waals surface area contributed by atoms with Gasteiger partial charge in [-0.1, -0.05) is 65.1 Å². The van der Waals surface area contributed by atoms with Gasteiger partial charge >= 0.3 is 5.97 Å². The second-order valence-electron chi connectivity index (χ2n) is 6.46. The largest absolute Gasteiger partial charge is 0.496 e. The Bertz CT molecular complexity index is 1000. The number of hydrogen-bond acceptors (Lipinski definition) is 4. The zero-order chi connectivity index (χ0) is 19.5. The molecule has 1 aliphatic rings. The molecule has 3 aromatic rings. The maximum Gasteiger partial charge on any atom is 0.343 e. The fraction of sp³-hybridized carbons (Fsp3) is 0.174. The number of halogens is 1. The van der Waals surface area contributed by atoms with Gasteiger partial charge in [0.25, 0.3) is 0 Å². The lowest BCUT2D eigenvalue weighted by molar-refractivity contribution is 0.0735. The maximum atomic E-state index is 12.8. The summed E-state index contributed by atoms with van der Waals surface area (Å²) in [5, 5.41) is 0. The molecule has 0 aromatic heterocycles. The first-order valence-corrected chi connectivity index (χ1v) is 10.5. The summed E-state index contributed by atoms with van der Waals surface area (Å²) in [5.74, 6) is 1.48. The molecule has 142 valence electrons. The van der Waals surface area contributed by atoms with Crippen molar-refractivity contribution in [2.75, 3.05) is 11.5 Å². The minimum absolute atomic E-state index is 0.0832. The molecule has 4 nitrogen and oxygen atoms in total. The predicted molar refractivity (Wildman–Crippen MR) is 116 cm³/mol. The molecule has 0 aliphatic carbocycles. The normalized spacial score (nSPS) is 15.1. The van der Waals surface area contributed by atoms with Crippen LogP contribution in [0.25, 0.3) is 0 Å². The zero-order valence-electron chi connectivity index (χ0n) is 15.4. The topological polar surface area (TPSA) is 44.8 Å². The summed E-state index contributed by atoms with van der Waals surface area (Å²) in [4.78, 5) is 12.8. The summed E-state index contributed by atoms with van der Waals surface area (Å²) in [6, 6.07) is 21.1. The van der Waals surface area contributed by atoms with E-state index in [1.165, 1.54) is 0 Å². The number of rotatable bonds is 5. The van der Waals surface area contributed by atoms with Crippen LogP contribution in [0.1, 0.15) is 33.0 Å². The SMILES string of the molecule is COc1cccc2c1C(CI)c1c(OCc3ccccc3)cccc1OC2=O. The molecule has 0 saturated carbocycles. The molecular weight excluding hydrogens is 467 g/mol. The second kappa shape index (κ2) is 8.22. The van der Waals surface area contributed by atoms with Gasteiger partial charge in [-0.05, 0) is 29.8 Å². The first-order valence-electron chi connectivity index (χ1n) is 8.97. The van der Waals surface area contributed by atoms with Crippen molar-refractivity contribution >= 4 is 28.6 Å². The van der Waals surface area contributed by atoms with Crippen molar-refractivity contribution in [2.45, 2.75) is 12.5 Å². The van der Waals surface area contributed by atoms with Crippen LogP contribution in [-0.2, 0) is 6.61 Å². The third kappa shape index (κ3) is 3.46. The van der Waals surface area contributed by atoms with E-state index in [1.807, 2.05) is 60.7 Å². The van der Waals surface area contributed by atoms with Crippen molar-refractivity contribution in [1.82, 2.24) is 0 Å². The van der Waals surface area contributed by atoms with E-state index in [1.54, 1.807) is 13.2 Å². The van der Waals surface area contributed by atoms with Gasteiger partial charge in [0.1, 0.15) is 23.9 Å². The highest BCUT2D eigenvalue weighted by Crippen LogP contribution is 2.46. The van der Waals surface area contributed by atoms with E-state index >= 15 is 0 Å². The van der Waals surface area contributed by atoms with Crippen LogP contribution in [0.5, 0.6) is 17.2 Å². The molecule has 0 bridgehead atoms. The number of hydrogen-bond donors (Lipinski definition) is 0. The van der Waals surface area contributed by atoms with Crippen LogP contribution < -0.4 is 14.2 Å². The van der Waals surface area contributed by atoms with Gasteiger partial charge in [0.2, 0.25) is 0 Å². The predicted octanol–water partition coefficient (Wildman–Crippen LogP) is 5.37. The molecule has 0 amide bonds. The smallest absolute Gasteiger partial charge is 0.343 e. The van der Waals surface area contributed by atoms with Crippen LogP contribution in [0.4, 0.5) is 0 Å². The summed E-state index contributed by atoms with van der Waals surface area (Å²) in [5.41, 5.74) is 3.34. The Kier molecular flexibility index (Phi) is 5.52. The van der Waals surface area contributed by atoms with Crippen LogP contribution >= 0.6 is 22.6 Å². The number of fused-ring (bicyclic) bond motifs is 2. The van der Waals surface area contributed by atoms with E-state index in [9.17, 15) is 4.79 Å². The first kappa shape index (κ1) is 18.8. The molecular formula is C23H19IO4. The highest BCUT2D eigenvalue weighted by molar-refractivity contribution is 14.1. The fourth-order valence-electron chi connectivity index (χ4n) is 3.53. The molecule has 28 heavy (non-hydrogen) atoms. The Morgan fingerprint density at radius 1 is 0.929 bits per heavy atom. The Morgan fingerprint density at radius 2 is 1.68 bits per heavy atom. The monoisotopic (exact) mass is 486 g/mol. The summed E-state index contributed by atoms with van der Waals surface area (Å²) in [6.45, 7) is 0.442. The maximum absolute atomic E-state index is 12.8. The van der Waals surface area contributed by atoms with Gasteiger partial charge in [0, 0.05) is 21.5 Å². The number of carbonyl (C=O) groups is 1. The highest BCUT2D eigenvalue weighted by Gasteiger charge is 2.33. The van der Waals surface area contributed by atoms with Gasteiger partial charge in [-0.3, -0.25) is 0 Å². The lowest BCUT2D eigenvalue weighted by Crippen LogP contribution is -2.11. The molecule has 5 heteroatoms. The zero-order valence-corrected chi connectivity index (χ0v) is 17.5. The van der Waals surface area contributed by atoms with Gasteiger partial charge in [-0.15, -0.1) is 0 Å². The Hall–Kier alpha value is -2.54. The fourth-order valence-corrected chi connectivity index (χ4v) is 4.41. The number of ether oxygens (including phenoxy) is 3. The second-order valence-corrected chi connectivity index (χ2v) is 7.34. The van der Waals surface area contributed by atoms with Crippen LogP contribution in [0.15, 0.2) is 66.7 Å². The van der Waals surface area contributed by atoms with Gasteiger partial charge in [0.15, 0.2) is 0 Å². The van der Waals surface area contributed by atoms with Crippen LogP contribution in [0, 0.1) is 0 Å². The molecule has 0 fully saturated rings. The van der Waals surface area contributed by atoms with Crippen molar-refractivity contribution in [2.24, 2.45) is 0 Å². The third-order valence-corrected chi connectivity index (χ3v) is 5.70. The molecule has 1 atom stereocenters. The number of alkyl halides is 1. The van der Waals surface area contributed by atoms with E-state index in [0.29, 0.717) is 23.7 Å².